The Balaban J connectivity index is 2.02. The monoisotopic (exact) mass is 373 g/mol. The average molecular weight is 373 g/mol. The molecule has 146 valence electrons. The second-order valence-corrected chi connectivity index (χ2v) is 6.91. The van der Waals surface area contributed by atoms with Gasteiger partial charge in [-0.3, -0.25) is 4.79 Å². The predicted molar refractivity (Wildman–Crippen MR) is 95.6 cm³/mol. The van der Waals surface area contributed by atoms with Gasteiger partial charge in [-0.2, -0.15) is 13.2 Å². The van der Waals surface area contributed by atoms with Gasteiger partial charge in [0.25, 0.3) is 5.91 Å². The van der Waals surface area contributed by atoms with Crippen molar-refractivity contribution in [3.63, 3.8) is 0 Å². The highest BCUT2D eigenvalue weighted by atomic mass is 19.4. The van der Waals surface area contributed by atoms with Crippen LogP contribution < -0.4 is 10.2 Å². The lowest BCUT2D eigenvalue weighted by atomic mass is 10.1. The molecule has 1 aliphatic heterocycles. The van der Waals surface area contributed by atoms with E-state index in [1.165, 1.54) is 6.92 Å². The first kappa shape index (κ1) is 20.5. The molecule has 0 spiro atoms. The van der Waals surface area contributed by atoms with E-state index < -0.39 is 24.8 Å². The van der Waals surface area contributed by atoms with Gasteiger partial charge in [-0.1, -0.05) is 6.07 Å². The molecular formula is C18H26F3N3O2. The fourth-order valence-electron chi connectivity index (χ4n) is 2.95. The molecule has 1 N–H and O–H groups in total. The maximum atomic E-state index is 12.2. The maximum absolute atomic E-state index is 12.2. The summed E-state index contributed by atoms with van der Waals surface area (Å²) in [7, 11) is 4.11. The first-order valence-corrected chi connectivity index (χ1v) is 8.58. The zero-order valence-corrected chi connectivity index (χ0v) is 15.6. The van der Waals surface area contributed by atoms with Gasteiger partial charge in [0.15, 0.2) is 0 Å². The van der Waals surface area contributed by atoms with Crippen molar-refractivity contribution in [2.45, 2.75) is 38.6 Å². The molecule has 1 amide bonds. The van der Waals surface area contributed by atoms with Crippen LogP contribution in [0.2, 0.25) is 0 Å². The van der Waals surface area contributed by atoms with E-state index in [4.69, 9.17) is 0 Å². The van der Waals surface area contributed by atoms with Crippen molar-refractivity contribution >= 4 is 17.3 Å². The van der Waals surface area contributed by atoms with Crippen molar-refractivity contribution in [2.24, 2.45) is 0 Å². The summed E-state index contributed by atoms with van der Waals surface area (Å²) in [6.45, 7) is 3.68. The molecule has 8 heteroatoms. The molecule has 1 aliphatic rings. The number of anilines is 2. The normalized spacial score (nSPS) is 19.1. The molecule has 5 nitrogen and oxygen atoms in total. The number of benzene rings is 1. The quantitative estimate of drug-likeness (QED) is 0.833. The van der Waals surface area contributed by atoms with Crippen LogP contribution in [0.5, 0.6) is 0 Å². The number of ether oxygens (including phenoxy) is 1. The molecular weight excluding hydrogens is 347 g/mol. The summed E-state index contributed by atoms with van der Waals surface area (Å²) in [6, 6.07) is 5.98. The second-order valence-electron chi connectivity index (χ2n) is 6.91. The summed E-state index contributed by atoms with van der Waals surface area (Å²) in [5.74, 6) is -0.600. The Hall–Kier alpha value is -1.80. The van der Waals surface area contributed by atoms with Crippen LogP contribution in [0, 0.1) is 6.92 Å². The van der Waals surface area contributed by atoms with Crippen LogP contribution in [0.15, 0.2) is 18.2 Å². The highest BCUT2D eigenvalue weighted by Gasteiger charge is 2.30. The molecule has 2 rings (SSSR count). The highest BCUT2D eigenvalue weighted by Crippen LogP contribution is 2.28. The van der Waals surface area contributed by atoms with E-state index in [2.05, 4.69) is 33.9 Å². The summed E-state index contributed by atoms with van der Waals surface area (Å²) in [6.07, 6.45) is -4.58. The Morgan fingerprint density at radius 2 is 2.12 bits per heavy atom. The molecule has 1 aromatic rings. The Morgan fingerprint density at radius 3 is 2.69 bits per heavy atom. The SMILES string of the molecule is Cc1ccc(NC(=O)C(C)OCC(F)(F)F)cc1N1CCC(N(C)C)C1. The molecule has 1 heterocycles. The summed E-state index contributed by atoms with van der Waals surface area (Å²) in [5, 5.41) is 2.63. The molecule has 26 heavy (non-hydrogen) atoms. The summed E-state index contributed by atoms with van der Waals surface area (Å²) >= 11 is 0. The van der Waals surface area contributed by atoms with Crippen molar-refractivity contribution in [1.29, 1.82) is 0 Å². The van der Waals surface area contributed by atoms with Gasteiger partial charge in [-0.15, -0.1) is 0 Å². The first-order valence-electron chi connectivity index (χ1n) is 8.58. The number of alkyl halides is 3. The van der Waals surface area contributed by atoms with Gasteiger partial charge in [-0.05, 0) is 52.1 Å². The van der Waals surface area contributed by atoms with Gasteiger partial charge in [0.1, 0.15) is 12.7 Å². The zero-order valence-electron chi connectivity index (χ0n) is 15.6. The minimum atomic E-state index is -4.45. The third-order valence-corrected chi connectivity index (χ3v) is 4.58. The Bertz CT molecular complexity index is 635. The Labute approximate surface area is 152 Å². The van der Waals surface area contributed by atoms with Crippen LogP contribution in [0.25, 0.3) is 0 Å². The first-order chi connectivity index (χ1) is 12.1. The van der Waals surface area contributed by atoms with E-state index in [9.17, 15) is 18.0 Å². The number of rotatable bonds is 6. The number of amides is 1. The van der Waals surface area contributed by atoms with E-state index in [0.717, 1.165) is 30.8 Å². The largest absolute Gasteiger partial charge is 0.411 e. The lowest BCUT2D eigenvalue weighted by molar-refractivity contribution is -0.184. The minimum absolute atomic E-state index is 0.475. The Morgan fingerprint density at radius 1 is 1.42 bits per heavy atom. The number of halogens is 3. The second kappa shape index (κ2) is 8.26. The molecule has 0 bridgehead atoms. The smallest absolute Gasteiger partial charge is 0.370 e. The van der Waals surface area contributed by atoms with E-state index >= 15 is 0 Å². The van der Waals surface area contributed by atoms with Gasteiger partial charge in [0.05, 0.1) is 0 Å². The molecule has 1 fully saturated rings. The molecule has 0 saturated carbocycles. The highest BCUT2D eigenvalue weighted by molar-refractivity contribution is 5.94. The molecule has 1 saturated heterocycles. The third kappa shape index (κ3) is 5.60. The van der Waals surface area contributed by atoms with Crippen molar-refractivity contribution in [3.05, 3.63) is 23.8 Å². The number of likely N-dealkylation sites (N-methyl/N-ethyl adjacent to an activating group) is 1. The molecule has 0 aliphatic carbocycles. The minimum Gasteiger partial charge on any atom is -0.370 e. The van der Waals surface area contributed by atoms with Gasteiger partial charge in [-0.25, -0.2) is 0 Å². The van der Waals surface area contributed by atoms with E-state index in [1.54, 1.807) is 6.07 Å². The molecule has 0 radical (unpaired) electrons. The van der Waals surface area contributed by atoms with Crippen LogP contribution in [0.1, 0.15) is 18.9 Å². The van der Waals surface area contributed by atoms with Crippen molar-refractivity contribution < 1.29 is 22.7 Å². The van der Waals surface area contributed by atoms with Gasteiger partial charge >= 0.3 is 6.18 Å². The summed E-state index contributed by atoms with van der Waals surface area (Å²) < 4.78 is 41.2. The van der Waals surface area contributed by atoms with E-state index in [1.807, 2.05) is 19.1 Å². The number of hydrogen-bond acceptors (Lipinski definition) is 4. The summed E-state index contributed by atoms with van der Waals surface area (Å²) in [4.78, 5) is 16.5. The van der Waals surface area contributed by atoms with Crippen LogP contribution >= 0.6 is 0 Å². The van der Waals surface area contributed by atoms with Crippen molar-refractivity contribution in [1.82, 2.24) is 4.90 Å². The Kier molecular flexibility index (Phi) is 6.52. The van der Waals surface area contributed by atoms with E-state index in [-0.39, 0.29) is 0 Å². The van der Waals surface area contributed by atoms with E-state index in [0.29, 0.717) is 11.7 Å². The lowest BCUT2D eigenvalue weighted by Crippen LogP contribution is -2.32. The van der Waals surface area contributed by atoms with Gasteiger partial charge < -0.3 is 19.9 Å². The number of nitrogens with one attached hydrogen (secondary N) is 1. The van der Waals surface area contributed by atoms with Crippen LogP contribution in [0.4, 0.5) is 24.5 Å². The topological polar surface area (TPSA) is 44.8 Å². The van der Waals surface area contributed by atoms with Gasteiger partial charge in [0.2, 0.25) is 0 Å². The van der Waals surface area contributed by atoms with Gasteiger partial charge in [0, 0.05) is 30.5 Å². The number of carbonyl (C=O) groups is 1. The maximum Gasteiger partial charge on any atom is 0.411 e. The van der Waals surface area contributed by atoms with Crippen molar-refractivity contribution in [3.8, 4) is 0 Å². The number of aryl methyl sites for hydroxylation is 1. The summed E-state index contributed by atoms with van der Waals surface area (Å²) in [5.41, 5.74) is 2.66. The molecule has 2 unspecified atom stereocenters. The number of nitrogens with zero attached hydrogens (tertiary/aromatic N) is 2. The molecule has 2 atom stereocenters. The predicted octanol–water partition coefficient (Wildman–Crippen LogP) is 3.04. The standard InChI is InChI=1S/C18H26F3N3O2/c1-12-5-6-14(22-17(25)13(2)26-11-18(19,20)21)9-16(12)24-8-7-15(10-24)23(3)4/h5-6,9,13,15H,7-8,10-11H2,1-4H3,(H,22,25). The fourth-order valence-corrected chi connectivity index (χ4v) is 2.95. The van der Waals surface area contributed by atoms with Crippen LogP contribution in [-0.4, -0.2) is 62.9 Å². The van der Waals surface area contributed by atoms with Crippen molar-refractivity contribution in [2.75, 3.05) is 44.0 Å². The molecule has 0 aromatic heterocycles. The third-order valence-electron chi connectivity index (χ3n) is 4.58. The zero-order chi connectivity index (χ0) is 19.5. The molecule has 1 aromatic carbocycles. The fraction of sp³-hybridized carbons (Fsp3) is 0.611. The number of hydrogen-bond donors (Lipinski definition) is 1. The van der Waals surface area contributed by atoms with Crippen LogP contribution in [-0.2, 0) is 9.53 Å². The number of carbonyl (C=O) groups excluding carboxylic acids is 1. The average Bonchev–Trinajstić information content (AvgIpc) is 3.03. The van der Waals surface area contributed by atoms with Crippen LogP contribution in [0.3, 0.4) is 0 Å². The lowest BCUT2D eigenvalue weighted by Gasteiger charge is -2.24.